The van der Waals surface area contributed by atoms with Crippen molar-refractivity contribution in [3.63, 3.8) is 0 Å². The summed E-state index contributed by atoms with van der Waals surface area (Å²) in [6.45, 7) is 5.01. The zero-order valence-electron chi connectivity index (χ0n) is 16.1. The highest BCUT2D eigenvalue weighted by atomic mass is 19.1. The number of benzene rings is 1. The standard InChI is InChI=1S/C20H20FN5O3/c1-11-10-28-17-9-26-18-15(7-23-26)20(27)22-6-12(2)29-16-4-3-14(21)5-13(16)8-25(11)19(17)24-18/h3-5,7,9,11-12H,6,8,10H2,1-2H3,(H,22,27)/t11-,12-/m0/s1. The summed E-state index contributed by atoms with van der Waals surface area (Å²) < 4.78 is 27.4. The van der Waals surface area contributed by atoms with Crippen LogP contribution in [0.2, 0.25) is 0 Å². The third kappa shape index (κ3) is 3.02. The van der Waals surface area contributed by atoms with E-state index in [9.17, 15) is 9.18 Å². The summed E-state index contributed by atoms with van der Waals surface area (Å²) in [5.41, 5.74) is 1.52. The predicted molar refractivity (Wildman–Crippen MR) is 103 cm³/mol. The third-order valence-electron chi connectivity index (χ3n) is 5.21. The van der Waals surface area contributed by atoms with Gasteiger partial charge >= 0.3 is 0 Å². The molecule has 1 N–H and O–H groups in total. The van der Waals surface area contributed by atoms with Crippen molar-refractivity contribution < 1.29 is 18.7 Å². The van der Waals surface area contributed by atoms with Gasteiger partial charge in [0.05, 0.1) is 25.0 Å². The van der Waals surface area contributed by atoms with Gasteiger partial charge < -0.3 is 19.7 Å². The molecule has 2 aliphatic rings. The Balaban J connectivity index is 1.70. The number of carbonyl (C=O) groups is 1. The normalized spacial score (nSPS) is 21.3. The van der Waals surface area contributed by atoms with Crippen LogP contribution in [0.15, 0.2) is 30.6 Å². The van der Waals surface area contributed by atoms with Crippen LogP contribution in [0.1, 0.15) is 29.8 Å². The number of nitrogens with zero attached hydrogens (tertiary/aromatic N) is 4. The molecule has 2 aliphatic heterocycles. The fraction of sp³-hybridized carbons (Fsp3) is 0.350. The predicted octanol–water partition coefficient (Wildman–Crippen LogP) is 2.17. The van der Waals surface area contributed by atoms with Crippen molar-refractivity contribution in [2.75, 3.05) is 18.1 Å². The molecule has 1 amide bonds. The van der Waals surface area contributed by atoms with Crippen molar-refractivity contribution in [2.45, 2.75) is 32.5 Å². The average Bonchev–Trinajstić information content (AvgIpc) is 3.11. The number of hydrogen-bond acceptors (Lipinski definition) is 6. The van der Waals surface area contributed by atoms with Gasteiger partial charge in [0, 0.05) is 12.1 Å². The molecule has 0 saturated carbocycles. The van der Waals surface area contributed by atoms with Gasteiger partial charge in [0.25, 0.3) is 5.91 Å². The Hall–Kier alpha value is -3.36. The van der Waals surface area contributed by atoms with Crippen molar-refractivity contribution >= 4 is 17.4 Å². The molecule has 0 fully saturated rings. The zero-order valence-corrected chi connectivity index (χ0v) is 16.1. The number of hydrogen-bond donors (Lipinski definition) is 1. The molecular formula is C20H20FN5O3. The summed E-state index contributed by atoms with van der Waals surface area (Å²) in [7, 11) is 0. The molecule has 0 unspecified atom stereocenters. The number of fused-ring (bicyclic) bond motifs is 1. The van der Waals surface area contributed by atoms with E-state index in [1.807, 2.05) is 18.7 Å². The van der Waals surface area contributed by atoms with E-state index in [-0.39, 0.29) is 23.9 Å². The molecule has 1 aromatic carbocycles. The molecule has 3 aromatic rings. The maximum absolute atomic E-state index is 14.0. The Bertz CT molecular complexity index is 1110. The van der Waals surface area contributed by atoms with Crippen molar-refractivity contribution in [3.8, 4) is 11.5 Å². The van der Waals surface area contributed by atoms with Gasteiger partial charge in [-0.2, -0.15) is 5.10 Å². The zero-order chi connectivity index (χ0) is 20.1. The molecule has 0 saturated heterocycles. The fourth-order valence-electron chi connectivity index (χ4n) is 3.65. The van der Waals surface area contributed by atoms with E-state index < -0.39 is 0 Å². The van der Waals surface area contributed by atoms with E-state index in [2.05, 4.69) is 10.4 Å². The second-order valence-electron chi connectivity index (χ2n) is 7.43. The number of aromatic nitrogens is 3. The molecule has 2 bridgehead atoms. The van der Waals surface area contributed by atoms with Crippen LogP contribution in [-0.4, -0.2) is 45.8 Å². The first kappa shape index (κ1) is 17.7. The maximum atomic E-state index is 14.0. The molecule has 4 heterocycles. The molecule has 0 aliphatic carbocycles. The van der Waals surface area contributed by atoms with E-state index in [1.165, 1.54) is 22.8 Å². The minimum absolute atomic E-state index is 0.00341. The number of ether oxygens (including phenoxy) is 2. The summed E-state index contributed by atoms with van der Waals surface area (Å²) in [4.78, 5) is 19.4. The van der Waals surface area contributed by atoms with Gasteiger partial charge in [-0.15, -0.1) is 0 Å². The van der Waals surface area contributed by atoms with Gasteiger partial charge in [-0.25, -0.2) is 13.9 Å². The lowest BCUT2D eigenvalue weighted by Gasteiger charge is -2.36. The molecule has 8 nitrogen and oxygen atoms in total. The number of nitrogens with one attached hydrogen (secondary N) is 1. The lowest BCUT2D eigenvalue weighted by atomic mass is 10.1. The molecule has 29 heavy (non-hydrogen) atoms. The van der Waals surface area contributed by atoms with E-state index in [0.29, 0.717) is 53.8 Å². The lowest BCUT2D eigenvalue weighted by molar-refractivity contribution is 0.0933. The molecular weight excluding hydrogens is 377 g/mol. The minimum Gasteiger partial charge on any atom is -0.489 e. The Morgan fingerprint density at radius 3 is 3.00 bits per heavy atom. The summed E-state index contributed by atoms with van der Waals surface area (Å²) in [6.07, 6.45) is 2.91. The average molecular weight is 397 g/mol. The van der Waals surface area contributed by atoms with Crippen molar-refractivity contribution in [1.29, 1.82) is 0 Å². The summed E-state index contributed by atoms with van der Waals surface area (Å²) in [5, 5.41) is 7.09. The van der Waals surface area contributed by atoms with Gasteiger partial charge in [0.15, 0.2) is 17.2 Å². The summed E-state index contributed by atoms with van der Waals surface area (Å²) >= 11 is 0. The topological polar surface area (TPSA) is 81.0 Å². The van der Waals surface area contributed by atoms with Crippen LogP contribution < -0.4 is 19.7 Å². The van der Waals surface area contributed by atoms with Gasteiger partial charge in [-0.1, -0.05) is 0 Å². The Kier molecular flexibility index (Phi) is 4.04. The second kappa shape index (κ2) is 6.61. The molecule has 2 atom stereocenters. The van der Waals surface area contributed by atoms with Crippen LogP contribution in [-0.2, 0) is 6.54 Å². The Morgan fingerprint density at radius 2 is 2.14 bits per heavy atom. The molecule has 0 radical (unpaired) electrons. The maximum Gasteiger partial charge on any atom is 0.256 e. The van der Waals surface area contributed by atoms with Gasteiger partial charge in [-0.3, -0.25) is 4.79 Å². The molecule has 150 valence electrons. The molecule has 0 spiro atoms. The SMILES string of the molecule is C[C@H]1CNC(=O)c2cnn3cc4c(nc23)N(Cc2cc(F)ccc2O1)[C@@H](C)CO4. The van der Waals surface area contributed by atoms with E-state index in [0.717, 1.165) is 0 Å². The van der Waals surface area contributed by atoms with Crippen LogP contribution in [0.3, 0.4) is 0 Å². The van der Waals surface area contributed by atoms with Crippen molar-refractivity contribution in [1.82, 2.24) is 19.9 Å². The third-order valence-corrected chi connectivity index (χ3v) is 5.21. The first-order valence-electron chi connectivity index (χ1n) is 9.50. The quantitative estimate of drug-likeness (QED) is 0.626. The Morgan fingerprint density at radius 1 is 1.28 bits per heavy atom. The second-order valence-corrected chi connectivity index (χ2v) is 7.43. The van der Waals surface area contributed by atoms with Crippen LogP contribution in [0.5, 0.6) is 11.5 Å². The Labute approximate surface area is 166 Å². The van der Waals surface area contributed by atoms with Crippen molar-refractivity contribution in [3.05, 3.63) is 47.5 Å². The molecule has 5 rings (SSSR count). The van der Waals surface area contributed by atoms with Crippen LogP contribution in [0.25, 0.3) is 5.65 Å². The minimum atomic E-state index is -0.333. The van der Waals surface area contributed by atoms with Gasteiger partial charge in [0.1, 0.15) is 29.8 Å². The highest BCUT2D eigenvalue weighted by molar-refractivity contribution is 5.99. The smallest absolute Gasteiger partial charge is 0.256 e. The number of anilines is 1. The number of carbonyl (C=O) groups excluding carboxylic acids is 1. The first-order chi connectivity index (χ1) is 14.0. The van der Waals surface area contributed by atoms with Crippen molar-refractivity contribution in [2.24, 2.45) is 0 Å². The fourth-order valence-corrected chi connectivity index (χ4v) is 3.65. The van der Waals surface area contributed by atoms with E-state index in [4.69, 9.17) is 14.5 Å². The highest BCUT2D eigenvalue weighted by Gasteiger charge is 2.29. The van der Waals surface area contributed by atoms with Gasteiger partial charge in [0.2, 0.25) is 0 Å². The lowest BCUT2D eigenvalue weighted by Crippen LogP contribution is -2.41. The number of rotatable bonds is 0. The van der Waals surface area contributed by atoms with E-state index >= 15 is 0 Å². The van der Waals surface area contributed by atoms with Gasteiger partial charge in [-0.05, 0) is 32.0 Å². The van der Waals surface area contributed by atoms with Crippen LogP contribution in [0, 0.1) is 5.82 Å². The number of amides is 1. The molecule has 2 aromatic heterocycles. The van der Waals surface area contributed by atoms with E-state index in [1.54, 1.807) is 12.3 Å². The molecule has 9 heteroatoms. The largest absolute Gasteiger partial charge is 0.489 e. The van der Waals surface area contributed by atoms with Crippen LogP contribution >= 0.6 is 0 Å². The monoisotopic (exact) mass is 397 g/mol. The first-order valence-corrected chi connectivity index (χ1v) is 9.50. The highest BCUT2D eigenvalue weighted by Crippen LogP contribution is 2.35. The summed E-state index contributed by atoms with van der Waals surface area (Å²) in [5.74, 6) is 1.12. The number of halogens is 1. The van der Waals surface area contributed by atoms with Crippen LogP contribution in [0.4, 0.5) is 10.2 Å². The summed E-state index contributed by atoms with van der Waals surface area (Å²) in [6, 6.07) is 4.47.